The largest absolute Gasteiger partial charge is 0.443 e. The van der Waals surface area contributed by atoms with E-state index < -0.39 is 24.1 Å². The van der Waals surface area contributed by atoms with Crippen molar-refractivity contribution in [1.29, 1.82) is 0 Å². The number of nitrogens with zero attached hydrogens (tertiary/aromatic N) is 1. The zero-order valence-electron chi connectivity index (χ0n) is 15.2. The molecule has 2 atom stereocenters. The Morgan fingerprint density at radius 1 is 1.17 bits per heavy atom. The van der Waals surface area contributed by atoms with Gasteiger partial charge in [-0.1, -0.05) is 18.2 Å². The average Bonchev–Trinajstić information content (AvgIpc) is 3.40. The van der Waals surface area contributed by atoms with Crippen LogP contribution in [0.25, 0.3) is 0 Å². The number of carbonyl (C=O) groups excluding carboxylic acids is 2. The van der Waals surface area contributed by atoms with Crippen molar-refractivity contribution in [3.8, 4) is 0 Å². The maximum absolute atomic E-state index is 13.9. The fourth-order valence-corrected chi connectivity index (χ4v) is 2.89. The fraction of sp³-hybridized carbons (Fsp3) is 0.250. The number of benzene rings is 2. The quantitative estimate of drug-likeness (QED) is 0.848. The van der Waals surface area contributed by atoms with Crippen LogP contribution in [0.2, 0.25) is 0 Å². The number of oxime groups is 1. The SMILES string of the molecule is O=C(NC(=O)c1cccc(C2=NOC(c3ccccc3F)O2)c1)OC1CCOC1. The summed E-state index contributed by atoms with van der Waals surface area (Å²) in [4.78, 5) is 29.3. The molecule has 0 saturated carbocycles. The van der Waals surface area contributed by atoms with Gasteiger partial charge in [0, 0.05) is 17.5 Å². The van der Waals surface area contributed by atoms with Crippen LogP contribution in [-0.4, -0.2) is 37.2 Å². The second kappa shape index (κ2) is 8.27. The molecule has 1 saturated heterocycles. The summed E-state index contributed by atoms with van der Waals surface area (Å²) in [6, 6.07) is 12.3. The van der Waals surface area contributed by atoms with Gasteiger partial charge in [-0.25, -0.2) is 9.18 Å². The summed E-state index contributed by atoms with van der Waals surface area (Å²) in [7, 11) is 0. The molecule has 0 aliphatic carbocycles. The van der Waals surface area contributed by atoms with Crippen molar-refractivity contribution >= 4 is 17.9 Å². The first kappa shape index (κ1) is 18.9. The van der Waals surface area contributed by atoms with E-state index in [1.807, 2.05) is 0 Å². The van der Waals surface area contributed by atoms with Crippen LogP contribution in [0.4, 0.5) is 9.18 Å². The van der Waals surface area contributed by atoms with E-state index in [-0.39, 0.29) is 23.1 Å². The second-order valence-corrected chi connectivity index (χ2v) is 6.40. The molecule has 29 heavy (non-hydrogen) atoms. The zero-order valence-corrected chi connectivity index (χ0v) is 15.2. The minimum atomic E-state index is -1.02. The summed E-state index contributed by atoms with van der Waals surface area (Å²) in [5.74, 6) is -1.02. The van der Waals surface area contributed by atoms with Gasteiger partial charge in [0.25, 0.3) is 18.1 Å². The third-order valence-corrected chi connectivity index (χ3v) is 4.36. The number of nitrogens with one attached hydrogen (secondary N) is 1. The van der Waals surface area contributed by atoms with Gasteiger partial charge in [-0.05, 0) is 35.5 Å². The minimum Gasteiger partial charge on any atom is -0.443 e. The number of ether oxygens (including phenoxy) is 3. The topological polar surface area (TPSA) is 95.5 Å². The number of hydrogen-bond acceptors (Lipinski definition) is 7. The lowest BCUT2D eigenvalue weighted by Crippen LogP contribution is -2.34. The maximum Gasteiger partial charge on any atom is 0.414 e. The van der Waals surface area contributed by atoms with Gasteiger partial charge >= 0.3 is 6.09 Å². The van der Waals surface area contributed by atoms with Crippen LogP contribution in [0.5, 0.6) is 0 Å². The fourth-order valence-electron chi connectivity index (χ4n) is 2.89. The summed E-state index contributed by atoms with van der Waals surface area (Å²) in [5, 5.41) is 5.99. The van der Waals surface area contributed by atoms with E-state index >= 15 is 0 Å². The summed E-state index contributed by atoms with van der Waals surface area (Å²) in [6.07, 6.45) is -1.62. The van der Waals surface area contributed by atoms with Gasteiger partial charge in [0.15, 0.2) is 0 Å². The number of carbonyl (C=O) groups is 2. The van der Waals surface area contributed by atoms with E-state index in [4.69, 9.17) is 19.0 Å². The van der Waals surface area contributed by atoms with Crippen molar-refractivity contribution in [1.82, 2.24) is 5.32 Å². The van der Waals surface area contributed by atoms with Crippen molar-refractivity contribution in [2.75, 3.05) is 13.2 Å². The first-order valence-electron chi connectivity index (χ1n) is 8.95. The summed E-state index contributed by atoms with van der Waals surface area (Å²) in [5.41, 5.74) is 0.843. The predicted molar refractivity (Wildman–Crippen MR) is 97.5 cm³/mol. The highest BCUT2D eigenvalue weighted by Crippen LogP contribution is 2.28. The van der Waals surface area contributed by atoms with Crippen molar-refractivity contribution in [2.24, 2.45) is 5.16 Å². The molecule has 4 rings (SSSR count). The summed E-state index contributed by atoms with van der Waals surface area (Å²) >= 11 is 0. The molecule has 2 unspecified atom stereocenters. The van der Waals surface area contributed by atoms with Crippen LogP contribution in [0.15, 0.2) is 53.7 Å². The molecule has 2 amide bonds. The highest BCUT2D eigenvalue weighted by Gasteiger charge is 2.28. The Morgan fingerprint density at radius 2 is 2.03 bits per heavy atom. The number of imide groups is 1. The molecular weight excluding hydrogens is 383 g/mol. The lowest BCUT2D eigenvalue weighted by molar-refractivity contribution is -0.0520. The molecule has 150 valence electrons. The molecule has 0 bridgehead atoms. The first-order valence-corrected chi connectivity index (χ1v) is 8.95. The van der Waals surface area contributed by atoms with Crippen molar-refractivity contribution in [3.63, 3.8) is 0 Å². The van der Waals surface area contributed by atoms with Crippen molar-refractivity contribution < 1.29 is 33.0 Å². The Balaban J connectivity index is 1.40. The van der Waals surface area contributed by atoms with Gasteiger partial charge in [-0.15, -0.1) is 0 Å². The van der Waals surface area contributed by atoms with Crippen LogP contribution < -0.4 is 5.32 Å². The Kier molecular flexibility index (Phi) is 5.39. The third-order valence-electron chi connectivity index (χ3n) is 4.36. The second-order valence-electron chi connectivity index (χ2n) is 6.40. The molecule has 2 aromatic rings. The standard InChI is InChI=1S/C20H17FN2O6/c21-16-7-2-1-6-15(16)19-28-18(23-29-19)13-5-3-4-12(10-13)17(24)22-20(25)27-14-8-9-26-11-14/h1-7,10,14,19H,8-9,11H2,(H,22,24,25). The Morgan fingerprint density at radius 3 is 2.83 bits per heavy atom. The molecule has 1 N–H and O–H groups in total. The number of rotatable bonds is 4. The zero-order chi connectivity index (χ0) is 20.2. The van der Waals surface area contributed by atoms with Crippen LogP contribution in [0, 0.1) is 5.82 Å². The van der Waals surface area contributed by atoms with Crippen LogP contribution in [-0.2, 0) is 19.0 Å². The Labute approximate surface area is 165 Å². The molecule has 2 heterocycles. The highest BCUT2D eigenvalue weighted by molar-refractivity contribution is 6.04. The van der Waals surface area contributed by atoms with Gasteiger partial charge in [0.05, 0.1) is 18.8 Å². The minimum absolute atomic E-state index is 0.0959. The molecule has 0 spiro atoms. The molecule has 1 fully saturated rings. The van der Waals surface area contributed by atoms with Crippen LogP contribution in [0.1, 0.15) is 34.2 Å². The summed E-state index contributed by atoms with van der Waals surface area (Å²) < 4.78 is 29.7. The highest BCUT2D eigenvalue weighted by atomic mass is 19.1. The van der Waals surface area contributed by atoms with Crippen molar-refractivity contribution in [2.45, 2.75) is 18.8 Å². The first-order chi connectivity index (χ1) is 14.1. The summed E-state index contributed by atoms with van der Waals surface area (Å²) in [6.45, 7) is 0.837. The molecular formula is C20H17FN2O6. The number of hydrogen-bond donors (Lipinski definition) is 1. The smallest absolute Gasteiger partial charge is 0.414 e. The van der Waals surface area contributed by atoms with Gasteiger partial charge in [0.1, 0.15) is 11.9 Å². The van der Waals surface area contributed by atoms with Gasteiger partial charge in [0.2, 0.25) is 0 Å². The van der Waals surface area contributed by atoms with E-state index in [1.54, 1.807) is 24.3 Å². The van der Waals surface area contributed by atoms with Gasteiger partial charge < -0.3 is 19.0 Å². The monoisotopic (exact) mass is 400 g/mol. The average molecular weight is 400 g/mol. The molecule has 0 radical (unpaired) electrons. The van der Waals surface area contributed by atoms with Crippen LogP contribution >= 0.6 is 0 Å². The molecule has 8 nitrogen and oxygen atoms in total. The van der Waals surface area contributed by atoms with E-state index in [0.717, 1.165) is 0 Å². The van der Waals surface area contributed by atoms with Gasteiger partial charge in [-0.3, -0.25) is 10.1 Å². The molecule has 0 aromatic heterocycles. The van der Waals surface area contributed by atoms with E-state index in [2.05, 4.69) is 10.5 Å². The lowest BCUT2D eigenvalue weighted by atomic mass is 10.1. The number of alkyl carbamates (subject to hydrolysis) is 1. The Bertz CT molecular complexity index is 957. The normalized spacial score (nSPS) is 20.4. The number of amides is 2. The van der Waals surface area contributed by atoms with E-state index in [0.29, 0.717) is 25.2 Å². The predicted octanol–water partition coefficient (Wildman–Crippen LogP) is 2.89. The van der Waals surface area contributed by atoms with Crippen LogP contribution in [0.3, 0.4) is 0 Å². The third kappa shape index (κ3) is 4.35. The molecule has 9 heteroatoms. The Hall–Kier alpha value is -3.46. The van der Waals surface area contributed by atoms with E-state index in [1.165, 1.54) is 24.3 Å². The maximum atomic E-state index is 13.9. The lowest BCUT2D eigenvalue weighted by Gasteiger charge is -2.11. The van der Waals surface area contributed by atoms with Crippen molar-refractivity contribution in [3.05, 3.63) is 71.0 Å². The molecule has 2 aromatic carbocycles. The van der Waals surface area contributed by atoms with Gasteiger partial charge in [-0.2, -0.15) is 0 Å². The number of halogens is 1. The molecule has 2 aliphatic rings. The molecule has 2 aliphatic heterocycles. The van der Waals surface area contributed by atoms with E-state index in [9.17, 15) is 14.0 Å².